The smallest absolute Gasteiger partial charge is 0.410 e. The first-order valence-electron chi connectivity index (χ1n) is 12.4. The maximum absolute atomic E-state index is 15.1. The van der Waals surface area contributed by atoms with E-state index in [0.717, 1.165) is 15.9 Å². The van der Waals surface area contributed by atoms with Gasteiger partial charge in [0.1, 0.15) is 11.4 Å². The van der Waals surface area contributed by atoms with Crippen molar-refractivity contribution in [1.82, 2.24) is 24.4 Å². The highest BCUT2D eigenvalue weighted by Crippen LogP contribution is 2.32. The van der Waals surface area contributed by atoms with E-state index in [0.29, 0.717) is 16.9 Å². The van der Waals surface area contributed by atoms with Crippen molar-refractivity contribution in [3.63, 3.8) is 0 Å². The van der Waals surface area contributed by atoms with Crippen LogP contribution < -0.4 is 10.6 Å². The first kappa shape index (κ1) is 28.6. The van der Waals surface area contributed by atoms with Gasteiger partial charge in [0.05, 0.1) is 29.9 Å². The van der Waals surface area contributed by atoms with Gasteiger partial charge in [0.15, 0.2) is 16.6 Å². The number of ether oxygens (including phenoxy) is 1. The lowest BCUT2D eigenvalue weighted by molar-refractivity contribution is -0.0285. The molecule has 210 valence electrons. The first-order chi connectivity index (χ1) is 18.1. The highest BCUT2D eigenvalue weighted by molar-refractivity contribution is 6.30. The van der Waals surface area contributed by atoms with E-state index in [9.17, 15) is 14.0 Å². The van der Waals surface area contributed by atoms with E-state index in [1.807, 2.05) is 13.8 Å². The number of aromatic nitrogens is 4. The van der Waals surface area contributed by atoms with Gasteiger partial charge >= 0.3 is 11.8 Å². The Hall–Kier alpha value is -3.41. The Morgan fingerprint density at radius 3 is 2.51 bits per heavy atom. The monoisotopic (exact) mass is 566 g/mol. The molecular formula is C26H30ClF3N6O3. The summed E-state index contributed by atoms with van der Waals surface area (Å²) in [6, 6.07) is 2.73. The van der Waals surface area contributed by atoms with E-state index in [1.165, 1.54) is 4.57 Å². The SMILES string of the molecule is Cc1ccnc(C(C)C)c1-n1c(=O)nc(N2CCN(C(=O)OC(C)(C)C)CC(F)(F)C2)c2cc(F)c(Cl)nc21. The molecule has 1 saturated heterocycles. The number of hydrogen-bond donors (Lipinski definition) is 0. The van der Waals surface area contributed by atoms with Crippen LogP contribution >= 0.6 is 11.6 Å². The minimum Gasteiger partial charge on any atom is -0.444 e. The van der Waals surface area contributed by atoms with Crippen LogP contribution in [0.4, 0.5) is 23.8 Å². The molecule has 0 spiro atoms. The third kappa shape index (κ3) is 5.95. The lowest BCUT2D eigenvalue weighted by atomic mass is 10.0. The molecule has 0 saturated carbocycles. The molecule has 39 heavy (non-hydrogen) atoms. The molecule has 0 aromatic carbocycles. The fourth-order valence-electron chi connectivity index (χ4n) is 4.48. The molecule has 0 aliphatic carbocycles. The third-order valence-electron chi connectivity index (χ3n) is 6.12. The number of aryl methyl sites for hydroxylation is 1. The van der Waals surface area contributed by atoms with Crippen LogP contribution in [0.25, 0.3) is 16.7 Å². The number of carbonyl (C=O) groups excluding carboxylic acids is 1. The van der Waals surface area contributed by atoms with E-state index < -0.39 is 47.4 Å². The Morgan fingerprint density at radius 1 is 1.18 bits per heavy atom. The van der Waals surface area contributed by atoms with E-state index >= 15 is 8.78 Å². The summed E-state index contributed by atoms with van der Waals surface area (Å²) < 4.78 is 51.4. The summed E-state index contributed by atoms with van der Waals surface area (Å²) >= 11 is 6.03. The zero-order chi connectivity index (χ0) is 28.9. The number of pyridine rings is 2. The Kier molecular flexibility index (Phi) is 7.54. The second-order valence-corrected chi connectivity index (χ2v) is 11.2. The quantitative estimate of drug-likeness (QED) is 0.408. The molecule has 3 aromatic rings. The van der Waals surface area contributed by atoms with Crippen molar-refractivity contribution >= 4 is 34.5 Å². The number of anilines is 1. The molecule has 1 fully saturated rings. The zero-order valence-electron chi connectivity index (χ0n) is 22.6. The van der Waals surface area contributed by atoms with E-state index in [1.54, 1.807) is 40.0 Å². The Morgan fingerprint density at radius 2 is 1.87 bits per heavy atom. The topological polar surface area (TPSA) is 93.5 Å². The Bertz CT molecular complexity index is 1490. The third-order valence-corrected chi connectivity index (χ3v) is 6.38. The van der Waals surface area contributed by atoms with Gasteiger partial charge in [-0.25, -0.2) is 32.3 Å². The summed E-state index contributed by atoms with van der Waals surface area (Å²) in [7, 11) is 0. The molecule has 3 aromatic heterocycles. The van der Waals surface area contributed by atoms with Crippen molar-refractivity contribution in [3.05, 3.63) is 51.0 Å². The van der Waals surface area contributed by atoms with Crippen molar-refractivity contribution < 1.29 is 22.7 Å². The van der Waals surface area contributed by atoms with Gasteiger partial charge in [-0.1, -0.05) is 25.4 Å². The van der Waals surface area contributed by atoms with Gasteiger partial charge in [-0.2, -0.15) is 4.98 Å². The molecule has 0 atom stereocenters. The van der Waals surface area contributed by atoms with Crippen molar-refractivity contribution in [1.29, 1.82) is 0 Å². The molecule has 0 bridgehead atoms. The van der Waals surface area contributed by atoms with Crippen LogP contribution in [0.3, 0.4) is 0 Å². The number of halogens is 4. The van der Waals surface area contributed by atoms with Gasteiger partial charge in [-0.3, -0.25) is 4.98 Å². The highest BCUT2D eigenvalue weighted by Gasteiger charge is 2.41. The van der Waals surface area contributed by atoms with Crippen LogP contribution in [0.1, 0.15) is 51.8 Å². The van der Waals surface area contributed by atoms with Crippen LogP contribution in [0.5, 0.6) is 0 Å². The van der Waals surface area contributed by atoms with Crippen molar-refractivity contribution in [3.8, 4) is 5.69 Å². The average Bonchev–Trinajstić information content (AvgIpc) is 2.97. The summed E-state index contributed by atoms with van der Waals surface area (Å²) in [6.45, 7) is 8.47. The van der Waals surface area contributed by atoms with Gasteiger partial charge in [0.25, 0.3) is 5.92 Å². The largest absolute Gasteiger partial charge is 0.444 e. The van der Waals surface area contributed by atoms with Crippen LogP contribution in [0.2, 0.25) is 5.15 Å². The lowest BCUT2D eigenvalue weighted by Crippen LogP contribution is -2.44. The number of amides is 1. The fraction of sp³-hybridized carbons (Fsp3) is 0.500. The van der Waals surface area contributed by atoms with E-state index in [-0.39, 0.29) is 35.9 Å². The number of carbonyl (C=O) groups is 1. The maximum atomic E-state index is 15.1. The predicted octanol–water partition coefficient (Wildman–Crippen LogP) is 5.09. The molecule has 1 amide bonds. The summed E-state index contributed by atoms with van der Waals surface area (Å²) in [5.74, 6) is -4.57. The Labute approximate surface area is 228 Å². The van der Waals surface area contributed by atoms with Gasteiger partial charge in [0.2, 0.25) is 0 Å². The molecule has 0 radical (unpaired) electrons. The summed E-state index contributed by atoms with van der Waals surface area (Å²) in [5, 5.41) is -0.478. The van der Waals surface area contributed by atoms with Crippen molar-refractivity contribution in [2.45, 2.75) is 59.0 Å². The molecule has 0 N–H and O–H groups in total. The number of alkyl halides is 2. The minimum absolute atomic E-state index is 0.0102. The molecule has 9 nitrogen and oxygen atoms in total. The number of hydrogen-bond acceptors (Lipinski definition) is 7. The predicted molar refractivity (Wildman–Crippen MR) is 142 cm³/mol. The average molecular weight is 567 g/mol. The van der Waals surface area contributed by atoms with Gasteiger partial charge in [-0.05, 0) is 51.3 Å². The van der Waals surface area contributed by atoms with Gasteiger partial charge < -0.3 is 14.5 Å². The minimum atomic E-state index is -3.39. The van der Waals surface area contributed by atoms with Crippen LogP contribution in [0.15, 0.2) is 23.1 Å². The van der Waals surface area contributed by atoms with Crippen LogP contribution in [0, 0.1) is 12.7 Å². The fourth-order valence-corrected chi connectivity index (χ4v) is 4.62. The molecule has 1 aliphatic rings. The summed E-state index contributed by atoms with van der Waals surface area (Å²) in [5.41, 5.74) is -0.0718. The summed E-state index contributed by atoms with van der Waals surface area (Å²) in [4.78, 5) is 40.9. The molecular weight excluding hydrogens is 537 g/mol. The number of fused-ring (bicyclic) bond motifs is 1. The Balaban J connectivity index is 1.89. The second-order valence-electron chi connectivity index (χ2n) is 10.9. The molecule has 13 heteroatoms. The summed E-state index contributed by atoms with van der Waals surface area (Å²) in [6.07, 6.45) is 0.726. The van der Waals surface area contributed by atoms with Gasteiger partial charge in [0, 0.05) is 19.3 Å². The molecule has 1 aliphatic heterocycles. The zero-order valence-corrected chi connectivity index (χ0v) is 23.3. The number of rotatable bonds is 3. The molecule has 0 unspecified atom stereocenters. The second kappa shape index (κ2) is 10.3. The molecule has 4 rings (SSSR count). The van der Waals surface area contributed by atoms with Gasteiger partial charge in [-0.15, -0.1) is 0 Å². The first-order valence-corrected chi connectivity index (χ1v) is 12.8. The molecule has 4 heterocycles. The van der Waals surface area contributed by atoms with Crippen LogP contribution in [-0.4, -0.2) is 68.2 Å². The van der Waals surface area contributed by atoms with Crippen molar-refractivity contribution in [2.75, 3.05) is 31.1 Å². The van der Waals surface area contributed by atoms with E-state index in [4.69, 9.17) is 16.3 Å². The number of nitrogens with zero attached hydrogens (tertiary/aromatic N) is 6. The van der Waals surface area contributed by atoms with E-state index in [2.05, 4.69) is 15.0 Å². The van der Waals surface area contributed by atoms with Crippen molar-refractivity contribution in [2.24, 2.45) is 0 Å². The van der Waals surface area contributed by atoms with Crippen LogP contribution in [-0.2, 0) is 4.74 Å². The maximum Gasteiger partial charge on any atom is 0.410 e. The highest BCUT2D eigenvalue weighted by atomic mass is 35.5. The standard InChI is InChI=1S/C26H30ClF3N6O3/c1-14(2)18-19(15(3)7-8-31-18)36-22-16(11-17(28)20(27)32-22)21(33-23(36)37)34-9-10-35(13-26(29,30)12-34)24(38)39-25(4,5)6/h7-8,11,14H,9-10,12-13H2,1-6H3. The normalized spacial score (nSPS) is 16.1. The lowest BCUT2D eigenvalue weighted by Gasteiger charge is -2.27.